The number of esters is 4. The second kappa shape index (κ2) is 22.1. The number of nitrogens with one attached hydrogen (secondary N) is 4. The number of hydrogen-bond acceptors (Lipinski definition) is 16. The van der Waals surface area contributed by atoms with Gasteiger partial charge in [-0.3, -0.25) is 38.4 Å². The van der Waals surface area contributed by atoms with Crippen LogP contribution in [0.5, 0.6) is 0 Å². The van der Waals surface area contributed by atoms with Gasteiger partial charge in [-0.2, -0.15) is 0 Å². The number of carbonyl (C=O) groups is 8. The average molecular weight is 965 g/mol. The predicted octanol–water partition coefficient (Wildman–Crippen LogP) is 1.92. The summed E-state index contributed by atoms with van der Waals surface area (Å²) < 4.78 is 42.2. The quantitative estimate of drug-likeness (QED) is 0.200. The van der Waals surface area contributed by atoms with E-state index in [1.807, 2.05) is 83.1 Å². The minimum absolute atomic E-state index is 0.0471. The molecule has 0 aromatic heterocycles. The molecule has 384 valence electrons. The van der Waals surface area contributed by atoms with Crippen molar-refractivity contribution in [2.24, 2.45) is 47.3 Å². The third-order valence-electron chi connectivity index (χ3n) is 12.4. The minimum atomic E-state index is -0.502. The van der Waals surface area contributed by atoms with Gasteiger partial charge in [-0.25, -0.2) is 0 Å². The third kappa shape index (κ3) is 15.8. The highest BCUT2D eigenvalue weighted by molar-refractivity contribution is 5.88. The maximum absolute atomic E-state index is 11.7. The first-order chi connectivity index (χ1) is 31.5. The molecule has 68 heavy (non-hydrogen) atoms. The van der Waals surface area contributed by atoms with E-state index in [0.29, 0.717) is 52.9 Å². The van der Waals surface area contributed by atoms with Gasteiger partial charge in [-0.05, 0) is 83.1 Å². The summed E-state index contributed by atoms with van der Waals surface area (Å²) in [6, 6.07) is 0.315. The second-order valence-corrected chi connectivity index (χ2v) is 22.9. The molecule has 8 aliphatic heterocycles. The summed E-state index contributed by atoms with van der Waals surface area (Å²) in [6.07, 6.45) is 0.586. The van der Waals surface area contributed by atoms with Gasteiger partial charge < -0.3 is 59.2 Å². The zero-order valence-electron chi connectivity index (χ0n) is 41.9. The Morgan fingerprint density at radius 2 is 0.544 bits per heavy atom. The van der Waals surface area contributed by atoms with Gasteiger partial charge in [0, 0.05) is 23.7 Å². The predicted molar refractivity (Wildman–Crippen MR) is 241 cm³/mol. The van der Waals surface area contributed by atoms with E-state index in [2.05, 4.69) is 21.3 Å². The molecule has 0 aromatic carbocycles. The van der Waals surface area contributed by atoms with Crippen LogP contribution in [0.1, 0.15) is 109 Å². The van der Waals surface area contributed by atoms with Crippen molar-refractivity contribution < 1.29 is 76.3 Å². The molecule has 20 heteroatoms. The van der Waals surface area contributed by atoms with Crippen molar-refractivity contribution in [3.8, 4) is 0 Å². The van der Waals surface area contributed by atoms with Gasteiger partial charge in [0.05, 0.1) is 126 Å². The van der Waals surface area contributed by atoms with Crippen LogP contribution in [0.4, 0.5) is 0 Å². The SMILES string of the molecule is CC(C)(C)OC(=O)C[C@@H]1C(=O)N[C@@H]2COC[C@H]12.CC(C)(C)OC(=O)C[C@@H]1C(=O)N[C@H]2COC[C@H]21.CC(C)(C)OC(=O)C[C@H]1C(=O)N[C@@H]2COC[C@@H]21.CC(C)(C)OC(=O)C[C@H]1C(=O)N[C@H]2COC[C@H]21. The zero-order valence-corrected chi connectivity index (χ0v) is 41.9. The lowest BCUT2D eigenvalue weighted by atomic mass is 9.90. The molecule has 8 saturated heterocycles. The summed E-state index contributed by atoms with van der Waals surface area (Å²) in [5.41, 5.74) is -2.01. The van der Waals surface area contributed by atoms with Crippen LogP contribution in [0.2, 0.25) is 0 Å². The lowest BCUT2D eigenvalue weighted by molar-refractivity contribution is -0.158. The van der Waals surface area contributed by atoms with Gasteiger partial charge in [0.15, 0.2) is 0 Å². The van der Waals surface area contributed by atoms with Gasteiger partial charge in [0.2, 0.25) is 23.6 Å². The van der Waals surface area contributed by atoms with E-state index in [9.17, 15) is 38.4 Å². The smallest absolute Gasteiger partial charge is 0.307 e. The number of fused-ring (bicyclic) bond motifs is 4. The van der Waals surface area contributed by atoms with Crippen molar-refractivity contribution >= 4 is 47.5 Å². The molecule has 0 saturated carbocycles. The summed E-state index contributed by atoms with van der Waals surface area (Å²) >= 11 is 0. The highest BCUT2D eigenvalue weighted by atomic mass is 16.6. The summed E-state index contributed by atoms with van der Waals surface area (Å²) in [5, 5.41) is 11.4. The molecule has 0 aliphatic carbocycles. The summed E-state index contributed by atoms with van der Waals surface area (Å²) in [4.78, 5) is 93.7. The van der Waals surface area contributed by atoms with Crippen molar-refractivity contribution in [3.05, 3.63) is 0 Å². The highest BCUT2D eigenvalue weighted by Crippen LogP contribution is 2.35. The number of ether oxygens (including phenoxy) is 8. The van der Waals surface area contributed by atoms with Gasteiger partial charge >= 0.3 is 23.9 Å². The molecular formula is C48H76N4O16. The number of rotatable bonds is 8. The lowest BCUT2D eigenvalue weighted by Crippen LogP contribution is -2.30. The fourth-order valence-corrected chi connectivity index (χ4v) is 9.63. The van der Waals surface area contributed by atoms with Crippen LogP contribution in [-0.4, -0.2) is 147 Å². The van der Waals surface area contributed by atoms with E-state index in [-0.39, 0.29) is 145 Å². The van der Waals surface area contributed by atoms with Crippen molar-refractivity contribution in [2.75, 3.05) is 52.9 Å². The fraction of sp³-hybridized carbons (Fsp3) is 0.833. The fourth-order valence-electron chi connectivity index (χ4n) is 9.63. The van der Waals surface area contributed by atoms with Gasteiger partial charge in [0.25, 0.3) is 0 Å². The molecule has 8 rings (SSSR count). The Kier molecular flexibility index (Phi) is 17.8. The molecular weight excluding hydrogens is 889 g/mol. The molecule has 0 radical (unpaired) electrons. The maximum Gasteiger partial charge on any atom is 0.307 e. The van der Waals surface area contributed by atoms with Crippen molar-refractivity contribution in [1.29, 1.82) is 0 Å². The Morgan fingerprint density at radius 1 is 0.368 bits per heavy atom. The number of carbonyl (C=O) groups excluding carboxylic acids is 8. The van der Waals surface area contributed by atoms with Crippen LogP contribution in [0.25, 0.3) is 0 Å². The standard InChI is InChI=1S/4C12H19NO4/c4*1-12(2,3)17-10(14)4-7-8-5-16-6-9(8)13-11(7)15/h4*7-9H,4-6H2,1-3H3,(H,13,15)/t2*7-,8+,9+;2*7-,8-,9-/m1010/s1. The topological polar surface area (TPSA) is 259 Å². The second-order valence-electron chi connectivity index (χ2n) is 22.9. The van der Waals surface area contributed by atoms with Crippen LogP contribution in [0.3, 0.4) is 0 Å². The Morgan fingerprint density at radius 3 is 0.706 bits per heavy atom. The number of amides is 4. The van der Waals surface area contributed by atoms with Crippen LogP contribution in [0, 0.1) is 47.3 Å². The molecule has 8 fully saturated rings. The van der Waals surface area contributed by atoms with Crippen molar-refractivity contribution in [1.82, 2.24) is 21.3 Å². The van der Waals surface area contributed by atoms with Crippen molar-refractivity contribution in [3.63, 3.8) is 0 Å². The molecule has 4 N–H and O–H groups in total. The normalized spacial score (nSPS) is 32.2. The minimum Gasteiger partial charge on any atom is -0.460 e. The van der Waals surface area contributed by atoms with E-state index in [1.54, 1.807) is 0 Å². The first-order valence-electron chi connectivity index (χ1n) is 23.9. The van der Waals surface area contributed by atoms with Crippen LogP contribution in [0.15, 0.2) is 0 Å². The Balaban J connectivity index is 0.000000169. The molecule has 20 nitrogen and oxygen atoms in total. The summed E-state index contributed by atoms with van der Waals surface area (Å²) in [5.74, 6) is -2.14. The van der Waals surface area contributed by atoms with E-state index in [4.69, 9.17) is 37.9 Å². The maximum atomic E-state index is 11.7. The summed E-state index contributed by atoms with van der Waals surface area (Å²) in [7, 11) is 0. The van der Waals surface area contributed by atoms with Gasteiger partial charge in [0.1, 0.15) is 22.4 Å². The highest BCUT2D eigenvalue weighted by Gasteiger charge is 2.50. The van der Waals surface area contributed by atoms with Crippen LogP contribution in [-0.2, 0) is 76.3 Å². The zero-order chi connectivity index (χ0) is 50.5. The molecule has 0 aromatic rings. The molecule has 12 atom stereocenters. The van der Waals surface area contributed by atoms with E-state index in [1.165, 1.54) is 0 Å². The van der Waals surface area contributed by atoms with Crippen molar-refractivity contribution in [2.45, 2.75) is 155 Å². The Labute approximate surface area is 399 Å². The molecule has 0 bridgehead atoms. The first-order valence-corrected chi connectivity index (χ1v) is 23.9. The Bertz CT molecular complexity index is 1600. The van der Waals surface area contributed by atoms with E-state index in [0.717, 1.165) is 0 Å². The average Bonchev–Trinajstić information content (AvgIpc) is 4.03. The Hall–Kier alpha value is -4.40. The van der Waals surface area contributed by atoms with E-state index >= 15 is 0 Å². The van der Waals surface area contributed by atoms with Crippen LogP contribution >= 0.6 is 0 Å². The third-order valence-corrected chi connectivity index (χ3v) is 12.4. The largest absolute Gasteiger partial charge is 0.460 e. The van der Waals surface area contributed by atoms with Gasteiger partial charge in [-0.15, -0.1) is 0 Å². The molecule has 8 aliphatic rings. The lowest BCUT2D eigenvalue weighted by Gasteiger charge is -2.21. The molecule has 0 spiro atoms. The number of hydrogen-bond donors (Lipinski definition) is 4. The van der Waals surface area contributed by atoms with Crippen LogP contribution < -0.4 is 21.3 Å². The summed E-state index contributed by atoms with van der Waals surface area (Å²) in [6.45, 7) is 26.3. The molecule has 4 amide bonds. The molecule has 0 unspecified atom stereocenters. The monoisotopic (exact) mass is 965 g/mol. The molecule has 8 heterocycles. The van der Waals surface area contributed by atoms with E-state index < -0.39 is 22.4 Å². The first kappa shape index (κ1) is 54.5. The van der Waals surface area contributed by atoms with Gasteiger partial charge in [-0.1, -0.05) is 0 Å².